The molecule has 0 aliphatic heterocycles. The quantitative estimate of drug-likeness (QED) is 0.419. The van der Waals surface area contributed by atoms with Crippen molar-refractivity contribution in [3.8, 4) is 0 Å². The van der Waals surface area contributed by atoms with Crippen molar-refractivity contribution in [3.63, 3.8) is 0 Å². The second kappa shape index (κ2) is 12.9. The SMILES string of the molecule is CCCC[P+](CCCC)(CCCC)CCc1cccc2ccccc12.[Br-]. The number of halogens is 1. The second-order valence-electron chi connectivity index (χ2n) is 7.69. The maximum atomic E-state index is 2.37. The summed E-state index contributed by atoms with van der Waals surface area (Å²) >= 11 is 0. The van der Waals surface area contributed by atoms with E-state index in [9.17, 15) is 0 Å². The molecule has 0 aromatic heterocycles. The standard InChI is InChI=1S/C24H38P.BrH/c1-4-7-18-25(19-8-5-2,20-9-6-3)21-17-23-15-12-14-22-13-10-11-16-24(22)23;/h10-16H,4-9,17-21H2,1-3H3;1H/q+1;/p-1. The van der Waals surface area contributed by atoms with Crippen molar-refractivity contribution in [1.82, 2.24) is 0 Å². The van der Waals surface area contributed by atoms with E-state index in [-0.39, 0.29) is 17.0 Å². The normalized spacial score (nSPS) is 11.5. The van der Waals surface area contributed by atoms with Crippen LogP contribution in [0.4, 0.5) is 0 Å². The summed E-state index contributed by atoms with van der Waals surface area (Å²) in [6.45, 7) is 7.08. The Morgan fingerprint density at radius 3 is 1.77 bits per heavy atom. The first-order chi connectivity index (χ1) is 12.2. The van der Waals surface area contributed by atoms with Gasteiger partial charge in [0.1, 0.15) is 0 Å². The minimum Gasteiger partial charge on any atom is -1.00 e. The highest BCUT2D eigenvalue weighted by molar-refractivity contribution is 7.75. The molecule has 146 valence electrons. The molecule has 0 radical (unpaired) electrons. The van der Waals surface area contributed by atoms with Gasteiger partial charge in [0.15, 0.2) is 0 Å². The summed E-state index contributed by atoms with van der Waals surface area (Å²) in [6, 6.07) is 15.8. The third-order valence-electron chi connectivity index (χ3n) is 5.69. The molecule has 2 rings (SSSR count). The van der Waals surface area contributed by atoms with E-state index in [0.717, 1.165) is 0 Å². The Kier molecular flexibility index (Phi) is 11.7. The minimum absolute atomic E-state index is 0. The van der Waals surface area contributed by atoms with Crippen molar-refractivity contribution < 1.29 is 17.0 Å². The van der Waals surface area contributed by atoms with E-state index in [0.29, 0.717) is 0 Å². The molecule has 2 aromatic rings. The Bertz CT molecular complexity index is 595. The van der Waals surface area contributed by atoms with Crippen molar-refractivity contribution in [2.45, 2.75) is 65.7 Å². The van der Waals surface area contributed by atoms with Crippen LogP contribution in [0.2, 0.25) is 0 Å². The van der Waals surface area contributed by atoms with Crippen molar-refractivity contribution >= 4 is 18.0 Å². The van der Waals surface area contributed by atoms with Gasteiger partial charge in [-0.25, -0.2) is 0 Å². The van der Waals surface area contributed by atoms with Gasteiger partial charge < -0.3 is 17.0 Å². The number of hydrogen-bond acceptors (Lipinski definition) is 0. The van der Waals surface area contributed by atoms with E-state index in [2.05, 4.69) is 63.2 Å². The number of unbranched alkanes of at least 4 members (excludes halogenated alkanes) is 3. The van der Waals surface area contributed by atoms with Gasteiger partial charge in [-0.15, -0.1) is 0 Å². The molecule has 0 fully saturated rings. The molecule has 0 aliphatic carbocycles. The lowest BCUT2D eigenvalue weighted by molar-refractivity contribution is -0.00000538. The molecule has 0 aliphatic rings. The summed E-state index contributed by atoms with van der Waals surface area (Å²) < 4.78 is 0. The van der Waals surface area contributed by atoms with Crippen LogP contribution in [0.1, 0.15) is 64.9 Å². The first-order valence-corrected chi connectivity index (χ1v) is 13.1. The van der Waals surface area contributed by atoms with Gasteiger partial charge in [-0.1, -0.05) is 82.5 Å². The van der Waals surface area contributed by atoms with Crippen LogP contribution < -0.4 is 17.0 Å². The van der Waals surface area contributed by atoms with Crippen LogP contribution in [0.5, 0.6) is 0 Å². The number of aryl methyl sites for hydroxylation is 1. The van der Waals surface area contributed by atoms with E-state index in [4.69, 9.17) is 0 Å². The monoisotopic (exact) mass is 436 g/mol. The van der Waals surface area contributed by atoms with Crippen LogP contribution in [0.25, 0.3) is 10.8 Å². The zero-order valence-electron chi connectivity index (χ0n) is 17.1. The van der Waals surface area contributed by atoms with Crippen LogP contribution >= 0.6 is 7.26 Å². The van der Waals surface area contributed by atoms with Crippen LogP contribution in [-0.2, 0) is 6.42 Å². The highest BCUT2D eigenvalue weighted by Gasteiger charge is 2.34. The molecule has 0 heterocycles. The second-order valence-corrected chi connectivity index (χ2v) is 12.2. The van der Waals surface area contributed by atoms with Gasteiger partial charge >= 0.3 is 0 Å². The van der Waals surface area contributed by atoms with Gasteiger partial charge in [0.2, 0.25) is 0 Å². The molecule has 2 aromatic carbocycles. The molecule has 0 N–H and O–H groups in total. The minimum atomic E-state index is -0.789. The average Bonchev–Trinajstić information content (AvgIpc) is 2.67. The van der Waals surface area contributed by atoms with E-state index >= 15 is 0 Å². The molecule has 0 spiro atoms. The number of fused-ring (bicyclic) bond motifs is 1. The Hall–Kier alpha value is -0.390. The topological polar surface area (TPSA) is 0 Å². The maximum Gasteiger partial charge on any atom is 0.0634 e. The Balaban J connectivity index is 0.00000338. The van der Waals surface area contributed by atoms with Gasteiger partial charge in [0, 0.05) is 13.7 Å². The van der Waals surface area contributed by atoms with E-state index in [1.807, 2.05) is 0 Å². The van der Waals surface area contributed by atoms with Crippen molar-refractivity contribution in [2.24, 2.45) is 0 Å². The van der Waals surface area contributed by atoms with Crippen LogP contribution in [0, 0.1) is 0 Å². The molecular formula is C24H38BrP. The fraction of sp³-hybridized carbons (Fsp3) is 0.583. The molecule has 0 atom stereocenters. The predicted octanol–water partition coefficient (Wildman–Crippen LogP) is 4.80. The molecule has 0 amide bonds. The van der Waals surface area contributed by atoms with Crippen molar-refractivity contribution in [1.29, 1.82) is 0 Å². The third kappa shape index (κ3) is 6.97. The van der Waals surface area contributed by atoms with Crippen molar-refractivity contribution in [2.75, 3.05) is 24.6 Å². The molecule has 0 saturated carbocycles. The highest BCUT2D eigenvalue weighted by Crippen LogP contribution is 2.61. The highest BCUT2D eigenvalue weighted by atomic mass is 79.9. The summed E-state index contributed by atoms with van der Waals surface area (Å²) in [5.74, 6) is 0. The van der Waals surface area contributed by atoms with Gasteiger partial charge in [0.25, 0.3) is 0 Å². The summed E-state index contributed by atoms with van der Waals surface area (Å²) in [6.07, 6.45) is 15.8. The summed E-state index contributed by atoms with van der Waals surface area (Å²) in [5.41, 5.74) is 1.58. The smallest absolute Gasteiger partial charge is 0.0634 e. The zero-order chi connectivity index (χ0) is 18.0. The molecular weight excluding hydrogens is 399 g/mol. The Morgan fingerprint density at radius 1 is 0.654 bits per heavy atom. The first kappa shape index (κ1) is 23.6. The largest absolute Gasteiger partial charge is 1.00 e. The lowest BCUT2D eigenvalue weighted by atomic mass is 10.0. The maximum absolute atomic E-state index is 2.37. The summed E-state index contributed by atoms with van der Waals surface area (Å²) in [7, 11) is -0.789. The predicted molar refractivity (Wildman–Crippen MR) is 119 cm³/mol. The molecule has 0 bridgehead atoms. The number of hydrogen-bond donors (Lipinski definition) is 0. The molecule has 2 heteroatoms. The van der Waals surface area contributed by atoms with Gasteiger partial charge in [0.05, 0.1) is 24.6 Å². The molecule has 0 unspecified atom stereocenters. The van der Waals surface area contributed by atoms with Gasteiger partial charge in [-0.3, -0.25) is 0 Å². The Morgan fingerprint density at radius 2 is 1.19 bits per heavy atom. The van der Waals surface area contributed by atoms with Crippen LogP contribution in [0.3, 0.4) is 0 Å². The van der Waals surface area contributed by atoms with Crippen LogP contribution in [0.15, 0.2) is 42.5 Å². The molecule has 26 heavy (non-hydrogen) atoms. The summed E-state index contributed by atoms with van der Waals surface area (Å²) in [5, 5.41) is 2.88. The zero-order valence-corrected chi connectivity index (χ0v) is 19.6. The average molecular weight is 437 g/mol. The third-order valence-corrected chi connectivity index (χ3v) is 10.7. The van der Waals surface area contributed by atoms with E-state index in [1.54, 1.807) is 5.56 Å². The number of rotatable bonds is 12. The van der Waals surface area contributed by atoms with Gasteiger partial charge in [-0.05, 0) is 35.6 Å². The lowest BCUT2D eigenvalue weighted by Crippen LogP contribution is -3.00. The first-order valence-electron chi connectivity index (χ1n) is 10.6. The van der Waals surface area contributed by atoms with Crippen molar-refractivity contribution in [3.05, 3.63) is 48.0 Å². The van der Waals surface area contributed by atoms with Gasteiger partial charge in [-0.2, -0.15) is 0 Å². The fourth-order valence-electron chi connectivity index (χ4n) is 4.02. The Labute approximate surface area is 173 Å². The lowest BCUT2D eigenvalue weighted by Gasteiger charge is -2.28. The van der Waals surface area contributed by atoms with E-state index < -0.39 is 7.26 Å². The van der Waals surface area contributed by atoms with Crippen LogP contribution in [-0.4, -0.2) is 24.6 Å². The fourth-order valence-corrected chi connectivity index (χ4v) is 9.04. The van der Waals surface area contributed by atoms with E-state index in [1.165, 1.54) is 80.4 Å². The number of benzene rings is 2. The summed E-state index contributed by atoms with van der Waals surface area (Å²) in [4.78, 5) is 0. The molecule has 0 saturated heterocycles. The molecule has 0 nitrogen and oxygen atoms in total.